The fourth-order valence-corrected chi connectivity index (χ4v) is 4.73. The minimum atomic E-state index is -4.62. The number of aromatic nitrogens is 5. The minimum absolute atomic E-state index is 0.0508. The Morgan fingerprint density at radius 3 is 2.25 bits per heavy atom. The molecule has 1 aliphatic carbocycles. The summed E-state index contributed by atoms with van der Waals surface area (Å²) in [6, 6.07) is 3.43. The van der Waals surface area contributed by atoms with Crippen molar-refractivity contribution in [3.05, 3.63) is 35.7 Å². The van der Waals surface area contributed by atoms with E-state index in [1.807, 2.05) is 4.90 Å². The second kappa shape index (κ2) is 8.85. The molecule has 3 atom stereocenters. The molecule has 1 unspecified atom stereocenters. The molecule has 1 aliphatic heterocycles. The Morgan fingerprint density at radius 2 is 1.69 bits per heavy atom. The highest BCUT2D eigenvalue weighted by atomic mass is 19.4. The average molecular weight is 517 g/mol. The van der Waals surface area contributed by atoms with E-state index in [-0.39, 0.29) is 29.6 Å². The Hall–Kier alpha value is -3.52. The number of nitrogens with one attached hydrogen (secondary N) is 1. The lowest BCUT2D eigenvalue weighted by Gasteiger charge is -2.37. The van der Waals surface area contributed by atoms with Crippen LogP contribution < -0.4 is 15.0 Å². The van der Waals surface area contributed by atoms with Crippen LogP contribution >= 0.6 is 0 Å². The van der Waals surface area contributed by atoms with E-state index in [4.69, 9.17) is 9.15 Å². The zero-order chi connectivity index (χ0) is 25.7. The Morgan fingerprint density at radius 1 is 1.03 bits per heavy atom. The zero-order valence-electron chi connectivity index (χ0n) is 18.8. The summed E-state index contributed by atoms with van der Waals surface area (Å²) in [6.45, 7) is 1.47. The molecular formula is C21H21F6N7O2. The number of rotatable bonds is 6. The SMILES string of the molecule is Cc1nnc(N2C[C@H]3CC[C@@H](C2)C3Nc2nc(Oc3ccc(C(F)(F)F)cc3)n(CC(F)(F)F)n2)o1. The van der Waals surface area contributed by atoms with Gasteiger partial charge < -0.3 is 19.4 Å². The molecular weight excluding hydrogens is 496 g/mol. The highest BCUT2D eigenvalue weighted by Crippen LogP contribution is 2.40. The minimum Gasteiger partial charge on any atom is -0.424 e. The van der Waals surface area contributed by atoms with Crippen LogP contribution in [0.2, 0.25) is 0 Å². The summed E-state index contributed by atoms with van der Waals surface area (Å²) >= 11 is 0. The number of nitrogens with zero attached hydrogens (tertiary/aromatic N) is 6. The molecule has 36 heavy (non-hydrogen) atoms. The van der Waals surface area contributed by atoms with Crippen molar-refractivity contribution < 1.29 is 35.5 Å². The van der Waals surface area contributed by atoms with Gasteiger partial charge in [-0.15, -0.1) is 10.2 Å². The summed E-state index contributed by atoms with van der Waals surface area (Å²) in [4.78, 5) is 6.07. The van der Waals surface area contributed by atoms with Crippen molar-refractivity contribution in [1.29, 1.82) is 0 Å². The smallest absolute Gasteiger partial charge is 0.416 e. The van der Waals surface area contributed by atoms with Crippen molar-refractivity contribution in [2.24, 2.45) is 11.8 Å². The molecule has 5 rings (SSSR count). The van der Waals surface area contributed by atoms with Crippen LogP contribution in [-0.2, 0) is 12.7 Å². The fourth-order valence-electron chi connectivity index (χ4n) is 4.73. The van der Waals surface area contributed by atoms with E-state index in [0.29, 0.717) is 29.7 Å². The largest absolute Gasteiger partial charge is 0.424 e. The van der Waals surface area contributed by atoms with E-state index >= 15 is 0 Å². The first kappa shape index (κ1) is 24.2. The Bertz CT molecular complexity index is 1190. The molecule has 0 radical (unpaired) electrons. The van der Waals surface area contributed by atoms with Crippen LogP contribution in [-0.4, -0.2) is 50.3 Å². The molecule has 2 fully saturated rings. The molecule has 2 aliphatic rings. The van der Waals surface area contributed by atoms with Crippen LogP contribution in [0.25, 0.3) is 0 Å². The molecule has 0 amide bonds. The molecule has 1 saturated heterocycles. The summed E-state index contributed by atoms with van der Waals surface area (Å²) in [7, 11) is 0. The molecule has 3 heterocycles. The molecule has 1 aromatic carbocycles. The van der Waals surface area contributed by atoms with Crippen molar-refractivity contribution in [2.75, 3.05) is 23.3 Å². The van der Waals surface area contributed by atoms with Crippen molar-refractivity contribution >= 4 is 12.0 Å². The summed E-state index contributed by atoms with van der Waals surface area (Å²) in [5.41, 5.74) is -0.911. The number of aryl methyl sites for hydroxylation is 1. The van der Waals surface area contributed by atoms with E-state index < -0.39 is 30.5 Å². The second-order valence-electron chi connectivity index (χ2n) is 8.89. The van der Waals surface area contributed by atoms with Crippen molar-refractivity contribution in [3.63, 3.8) is 0 Å². The second-order valence-corrected chi connectivity index (χ2v) is 8.89. The predicted molar refractivity (Wildman–Crippen MR) is 112 cm³/mol. The molecule has 2 aromatic heterocycles. The van der Waals surface area contributed by atoms with Gasteiger partial charge in [0.25, 0.3) is 0 Å². The van der Waals surface area contributed by atoms with Gasteiger partial charge in [-0.05, 0) is 48.9 Å². The van der Waals surface area contributed by atoms with Crippen LogP contribution in [0, 0.1) is 18.8 Å². The number of alkyl halides is 6. The molecule has 1 saturated carbocycles. The fraction of sp³-hybridized carbons (Fsp3) is 0.524. The Labute approximate surface area is 200 Å². The topological polar surface area (TPSA) is 94.1 Å². The van der Waals surface area contributed by atoms with Crippen molar-refractivity contribution in [3.8, 4) is 11.8 Å². The molecule has 15 heteroatoms. The lowest BCUT2D eigenvalue weighted by atomic mass is 9.92. The van der Waals surface area contributed by atoms with Gasteiger partial charge in [0.1, 0.15) is 12.3 Å². The number of fused-ring (bicyclic) bond motifs is 2. The van der Waals surface area contributed by atoms with Crippen molar-refractivity contribution in [1.82, 2.24) is 25.0 Å². The maximum Gasteiger partial charge on any atom is 0.416 e. The van der Waals surface area contributed by atoms with Crippen LogP contribution in [0.3, 0.4) is 0 Å². The average Bonchev–Trinajstić information content (AvgIpc) is 3.43. The third-order valence-corrected chi connectivity index (χ3v) is 6.27. The molecule has 194 valence electrons. The maximum absolute atomic E-state index is 13.1. The number of hydrogen-bond donors (Lipinski definition) is 1. The summed E-state index contributed by atoms with van der Waals surface area (Å²) < 4.78 is 89.2. The van der Waals surface area contributed by atoms with Gasteiger partial charge in [-0.25, -0.2) is 4.68 Å². The standard InChI is InChI=1S/C21H21F6N7O2/c1-11-30-31-19(35-11)33-8-12-2-3-13(9-33)16(12)28-17-29-18(34(32-17)10-20(22,23)24)36-15-6-4-14(5-7-15)21(25,26)27/h4-7,12-13,16H,2-3,8-10H2,1H3,(H,28,32)/t12-,13+,16?. The maximum atomic E-state index is 13.1. The number of ether oxygens (including phenoxy) is 1. The lowest BCUT2D eigenvalue weighted by molar-refractivity contribution is -0.143. The summed E-state index contributed by atoms with van der Waals surface area (Å²) in [5.74, 6) is 0.589. The molecule has 1 N–H and O–H groups in total. The molecule has 3 aromatic rings. The summed E-state index contributed by atoms with van der Waals surface area (Å²) in [6.07, 6.45) is -7.38. The van der Waals surface area contributed by atoms with Gasteiger partial charge in [0.05, 0.1) is 5.56 Å². The number of piperidine rings is 1. The van der Waals surface area contributed by atoms with E-state index in [2.05, 4.69) is 25.6 Å². The van der Waals surface area contributed by atoms with Gasteiger partial charge in [-0.3, -0.25) is 0 Å². The van der Waals surface area contributed by atoms with Gasteiger partial charge in [-0.1, -0.05) is 5.10 Å². The normalized spacial score (nSPS) is 22.2. The van der Waals surface area contributed by atoms with E-state index in [0.717, 1.165) is 37.1 Å². The van der Waals surface area contributed by atoms with E-state index in [1.54, 1.807) is 6.92 Å². The molecule has 0 spiro atoms. The first-order valence-corrected chi connectivity index (χ1v) is 11.1. The highest BCUT2D eigenvalue weighted by molar-refractivity contribution is 5.36. The van der Waals surface area contributed by atoms with Gasteiger partial charge in [-0.2, -0.15) is 31.3 Å². The Balaban J connectivity index is 1.33. The third kappa shape index (κ3) is 5.18. The highest BCUT2D eigenvalue weighted by Gasteiger charge is 2.44. The first-order chi connectivity index (χ1) is 16.9. The van der Waals surface area contributed by atoms with Gasteiger partial charge in [0, 0.05) is 26.1 Å². The lowest BCUT2D eigenvalue weighted by Crippen LogP contribution is -2.48. The van der Waals surface area contributed by atoms with Gasteiger partial charge in [0.15, 0.2) is 0 Å². The van der Waals surface area contributed by atoms with E-state index in [9.17, 15) is 26.3 Å². The summed E-state index contributed by atoms with van der Waals surface area (Å²) in [5, 5.41) is 15.0. The van der Waals surface area contributed by atoms with Crippen LogP contribution in [0.1, 0.15) is 24.3 Å². The van der Waals surface area contributed by atoms with Gasteiger partial charge in [0.2, 0.25) is 11.8 Å². The third-order valence-electron chi connectivity index (χ3n) is 6.27. The molecule has 9 nitrogen and oxygen atoms in total. The van der Waals surface area contributed by atoms with Gasteiger partial charge >= 0.3 is 24.4 Å². The van der Waals surface area contributed by atoms with Crippen LogP contribution in [0.15, 0.2) is 28.7 Å². The van der Waals surface area contributed by atoms with E-state index in [1.165, 1.54) is 0 Å². The van der Waals surface area contributed by atoms with Crippen LogP contribution in [0.5, 0.6) is 11.8 Å². The van der Waals surface area contributed by atoms with Crippen molar-refractivity contribution in [2.45, 2.75) is 44.7 Å². The first-order valence-electron chi connectivity index (χ1n) is 11.1. The number of benzene rings is 1. The van der Waals surface area contributed by atoms with Crippen LogP contribution in [0.4, 0.5) is 38.3 Å². The quantitative estimate of drug-likeness (QED) is 0.472. The Kier molecular flexibility index (Phi) is 5.95. The number of hydrogen-bond acceptors (Lipinski definition) is 8. The number of halogens is 6. The zero-order valence-corrected chi connectivity index (χ0v) is 18.8. The molecule has 2 bridgehead atoms. The number of anilines is 2. The predicted octanol–water partition coefficient (Wildman–Crippen LogP) is 4.67. The monoisotopic (exact) mass is 517 g/mol.